The van der Waals surface area contributed by atoms with Gasteiger partial charge in [-0.1, -0.05) is 0 Å². The van der Waals surface area contributed by atoms with Crippen LogP contribution in [-0.2, 0) is 9.05 Å². The number of rotatable bonds is 3. The Morgan fingerprint density at radius 2 is 1.88 bits per heavy atom. The third kappa shape index (κ3) is 3.97. The Labute approximate surface area is 99.3 Å². The molecule has 1 rings (SSSR count). The van der Waals surface area contributed by atoms with Crippen LogP contribution in [0.4, 0.5) is 13.2 Å². The molecule has 0 aliphatic carbocycles. The van der Waals surface area contributed by atoms with Crippen molar-refractivity contribution in [2.75, 3.05) is 7.11 Å². The van der Waals surface area contributed by atoms with E-state index in [1.165, 1.54) is 7.11 Å². The Morgan fingerprint density at radius 1 is 1.29 bits per heavy atom. The quantitative estimate of drug-likeness (QED) is 0.803. The molecule has 1 aromatic rings. The summed E-state index contributed by atoms with van der Waals surface area (Å²) in [7, 11) is 1.84. The zero-order chi connectivity index (χ0) is 13.3. The van der Waals surface area contributed by atoms with Crippen molar-refractivity contribution >= 4 is 19.7 Å². The van der Waals surface area contributed by atoms with E-state index in [1.54, 1.807) is 0 Å². The van der Waals surface area contributed by atoms with Crippen LogP contribution in [-0.4, -0.2) is 21.9 Å². The maximum atomic E-state index is 12.0. The van der Waals surface area contributed by atoms with Gasteiger partial charge in [0, 0.05) is 16.7 Å². The SMILES string of the molecule is COc1ccc(S(=O)(=O)Cl)c(OC(F)(F)F)c1. The molecule has 0 aromatic heterocycles. The van der Waals surface area contributed by atoms with Crippen molar-refractivity contribution in [3.05, 3.63) is 18.2 Å². The highest BCUT2D eigenvalue weighted by atomic mass is 35.7. The number of hydrogen-bond acceptors (Lipinski definition) is 4. The van der Waals surface area contributed by atoms with Crippen molar-refractivity contribution in [1.82, 2.24) is 0 Å². The number of alkyl halides is 3. The molecule has 0 aliphatic rings. The molecule has 17 heavy (non-hydrogen) atoms. The third-order valence-electron chi connectivity index (χ3n) is 1.64. The van der Waals surface area contributed by atoms with Crippen LogP contribution in [0.15, 0.2) is 23.1 Å². The molecule has 0 spiro atoms. The summed E-state index contributed by atoms with van der Waals surface area (Å²) in [5, 5.41) is 0. The standard InChI is InChI=1S/C8H6ClF3O4S/c1-15-5-2-3-7(17(9,13)14)6(4-5)16-8(10,11)12/h2-4H,1H3. The third-order valence-corrected chi connectivity index (χ3v) is 3.00. The fourth-order valence-electron chi connectivity index (χ4n) is 1.02. The molecule has 0 bridgehead atoms. The summed E-state index contributed by atoms with van der Waals surface area (Å²) < 4.78 is 66.4. The Hall–Kier alpha value is -1.15. The minimum Gasteiger partial charge on any atom is -0.497 e. The van der Waals surface area contributed by atoms with Crippen LogP contribution in [0.2, 0.25) is 0 Å². The lowest BCUT2D eigenvalue weighted by Gasteiger charge is -2.12. The Bertz CT molecular complexity index is 512. The van der Waals surface area contributed by atoms with E-state index in [1.807, 2.05) is 0 Å². The van der Waals surface area contributed by atoms with Gasteiger partial charge in [-0.05, 0) is 12.1 Å². The Kier molecular flexibility index (Phi) is 3.78. The molecule has 0 unspecified atom stereocenters. The summed E-state index contributed by atoms with van der Waals surface area (Å²) >= 11 is 0. The van der Waals surface area contributed by atoms with Crippen molar-refractivity contribution < 1.29 is 31.1 Å². The number of benzene rings is 1. The van der Waals surface area contributed by atoms with Crippen molar-refractivity contribution in [2.24, 2.45) is 0 Å². The van der Waals surface area contributed by atoms with E-state index < -0.39 is 26.1 Å². The van der Waals surface area contributed by atoms with Crippen LogP contribution in [0, 0.1) is 0 Å². The van der Waals surface area contributed by atoms with Gasteiger partial charge in [0.1, 0.15) is 10.6 Å². The van der Waals surface area contributed by atoms with E-state index in [2.05, 4.69) is 9.47 Å². The maximum Gasteiger partial charge on any atom is 0.573 e. The van der Waals surface area contributed by atoms with Crippen molar-refractivity contribution in [2.45, 2.75) is 11.3 Å². The first-order chi connectivity index (χ1) is 7.63. The molecule has 9 heteroatoms. The maximum absolute atomic E-state index is 12.0. The van der Waals surface area contributed by atoms with Gasteiger partial charge in [-0.15, -0.1) is 13.2 Å². The van der Waals surface area contributed by atoms with Crippen molar-refractivity contribution in [3.8, 4) is 11.5 Å². The largest absolute Gasteiger partial charge is 0.573 e. The van der Waals surface area contributed by atoms with Gasteiger partial charge in [0.2, 0.25) is 0 Å². The first kappa shape index (κ1) is 13.9. The molecule has 0 saturated carbocycles. The van der Waals surface area contributed by atoms with Gasteiger partial charge in [0.05, 0.1) is 7.11 Å². The molecule has 0 N–H and O–H groups in total. The van der Waals surface area contributed by atoms with Crippen LogP contribution < -0.4 is 9.47 Å². The van der Waals surface area contributed by atoms with E-state index in [-0.39, 0.29) is 5.75 Å². The fourth-order valence-corrected chi connectivity index (χ4v) is 1.98. The lowest BCUT2D eigenvalue weighted by atomic mass is 10.3. The van der Waals surface area contributed by atoms with Gasteiger partial charge in [-0.3, -0.25) is 0 Å². The van der Waals surface area contributed by atoms with Crippen LogP contribution in [0.1, 0.15) is 0 Å². The molecule has 0 saturated heterocycles. The molecule has 4 nitrogen and oxygen atoms in total. The Balaban J connectivity index is 3.32. The van der Waals surface area contributed by atoms with E-state index in [0.717, 1.165) is 18.2 Å². The minimum absolute atomic E-state index is 0.00770. The van der Waals surface area contributed by atoms with E-state index in [0.29, 0.717) is 0 Å². The highest BCUT2D eigenvalue weighted by molar-refractivity contribution is 8.13. The van der Waals surface area contributed by atoms with Gasteiger partial charge in [0.25, 0.3) is 9.05 Å². The van der Waals surface area contributed by atoms with E-state index in [4.69, 9.17) is 10.7 Å². The predicted molar refractivity (Wildman–Crippen MR) is 52.7 cm³/mol. The number of methoxy groups -OCH3 is 1. The lowest BCUT2D eigenvalue weighted by molar-refractivity contribution is -0.275. The van der Waals surface area contributed by atoms with E-state index >= 15 is 0 Å². The first-order valence-electron chi connectivity index (χ1n) is 4.02. The number of hydrogen-bond donors (Lipinski definition) is 0. The number of halogens is 4. The molecule has 0 atom stereocenters. The highest BCUT2D eigenvalue weighted by Gasteiger charge is 2.34. The van der Waals surface area contributed by atoms with Crippen molar-refractivity contribution in [3.63, 3.8) is 0 Å². The second kappa shape index (κ2) is 4.61. The van der Waals surface area contributed by atoms with Crippen LogP contribution in [0.25, 0.3) is 0 Å². The fraction of sp³-hybridized carbons (Fsp3) is 0.250. The second-order valence-corrected chi connectivity index (χ2v) is 5.33. The first-order valence-corrected chi connectivity index (χ1v) is 6.33. The molecule has 0 fully saturated rings. The van der Waals surface area contributed by atoms with Gasteiger partial charge < -0.3 is 9.47 Å². The van der Waals surface area contributed by atoms with E-state index in [9.17, 15) is 21.6 Å². The van der Waals surface area contributed by atoms with Gasteiger partial charge in [0.15, 0.2) is 5.75 Å². The summed E-state index contributed by atoms with van der Waals surface area (Å²) in [5.41, 5.74) is 0. The summed E-state index contributed by atoms with van der Waals surface area (Å²) in [6.45, 7) is 0. The average Bonchev–Trinajstić information content (AvgIpc) is 2.13. The summed E-state index contributed by atoms with van der Waals surface area (Å²) in [6, 6.07) is 2.80. The highest BCUT2D eigenvalue weighted by Crippen LogP contribution is 2.34. The summed E-state index contributed by atoms with van der Waals surface area (Å²) in [5.74, 6) is -0.930. The van der Waals surface area contributed by atoms with Crippen LogP contribution >= 0.6 is 10.7 Å². The van der Waals surface area contributed by atoms with Gasteiger partial charge in [-0.25, -0.2) is 8.42 Å². The normalized spacial score (nSPS) is 12.3. The molecular formula is C8H6ClF3O4S. The number of ether oxygens (including phenoxy) is 2. The van der Waals surface area contributed by atoms with Crippen LogP contribution in [0.5, 0.6) is 11.5 Å². The van der Waals surface area contributed by atoms with Gasteiger partial charge >= 0.3 is 6.36 Å². The zero-order valence-electron chi connectivity index (χ0n) is 8.29. The predicted octanol–water partition coefficient (Wildman–Crippen LogP) is 2.52. The monoisotopic (exact) mass is 290 g/mol. The molecule has 96 valence electrons. The van der Waals surface area contributed by atoms with Crippen molar-refractivity contribution in [1.29, 1.82) is 0 Å². The summed E-state index contributed by atoms with van der Waals surface area (Å²) in [6.07, 6.45) is -5.03. The molecule has 1 aromatic carbocycles. The van der Waals surface area contributed by atoms with Gasteiger partial charge in [-0.2, -0.15) is 0 Å². The average molecular weight is 291 g/mol. The molecule has 0 aliphatic heterocycles. The molecule has 0 amide bonds. The Morgan fingerprint density at radius 3 is 2.29 bits per heavy atom. The molecular weight excluding hydrogens is 285 g/mol. The van der Waals surface area contributed by atoms with Crippen LogP contribution in [0.3, 0.4) is 0 Å². The molecule has 0 heterocycles. The zero-order valence-corrected chi connectivity index (χ0v) is 9.86. The minimum atomic E-state index is -5.03. The topological polar surface area (TPSA) is 52.6 Å². The second-order valence-electron chi connectivity index (χ2n) is 2.80. The lowest BCUT2D eigenvalue weighted by Crippen LogP contribution is -2.18. The summed E-state index contributed by atoms with van der Waals surface area (Å²) in [4.78, 5) is -0.780. The molecule has 0 radical (unpaired) electrons. The smallest absolute Gasteiger partial charge is 0.497 e.